The molecule has 5 nitrogen and oxygen atoms in total. The third kappa shape index (κ3) is 1.81. The molecule has 1 heterocycles. The second-order valence-corrected chi connectivity index (χ2v) is 4.76. The standard InChI is InChI=1S/C11H15N3O2/c1-5-8-11(6-12,7-13)14(8)9(15)16-10(2,3)4/h8H,5H2,1-4H3. The number of carbonyl (C=O) groups excluding carboxylic acids is 1. The molecule has 0 aromatic rings. The van der Waals surface area contributed by atoms with E-state index in [0.29, 0.717) is 6.42 Å². The van der Waals surface area contributed by atoms with Gasteiger partial charge >= 0.3 is 6.09 Å². The molecular weight excluding hydrogens is 206 g/mol. The van der Waals surface area contributed by atoms with Crippen molar-refractivity contribution in [2.75, 3.05) is 0 Å². The van der Waals surface area contributed by atoms with Crippen LogP contribution in [0.5, 0.6) is 0 Å². The summed E-state index contributed by atoms with van der Waals surface area (Å²) in [5.74, 6) is 0. The number of hydrogen-bond acceptors (Lipinski definition) is 4. The SMILES string of the molecule is CCC1N(C(=O)OC(C)(C)C)C1(C#N)C#N. The van der Waals surface area contributed by atoms with Crippen molar-refractivity contribution in [2.45, 2.75) is 51.3 Å². The summed E-state index contributed by atoms with van der Waals surface area (Å²) in [6.45, 7) is 7.07. The fourth-order valence-corrected chi connectivity index (χ4v) is 1.69. The van der Waals surface area contributed by atoms with Gasteiger partial charge in [0.15, 0.2) is 0 Å². The van der Waals surface area contributed by atoms with Gasteiger partial charge in [0, 0.05) is 0 Å². The molecule has 5 heteroatoms. The van der Waals surface area contributed by atoms with Crippen LogP contribution in [0.25, 0.3) is 0 Å². The first-order valence-electron chi connectivity index (χ1n) is 5.17. The predicted octanol–water partition coefficient (Wildman–Crippen LogP) is 1.80. The Bertz CT molecular complexity index is 370. The summed E-state index contributed by atoms with van der Waals surface area (Å²) in [5, 5.41) is 17.9. The summed E-state index contributed by atoms with van der Waals surface area (Å²) < 4.78 is 5.14. The van der Waals surface area contributed by atoms with E-state index >= 15 is 0 Å². The lowest BCUT2D eigenvalue weighted by Crippen LogP contribution is -2.30. The highest BCUT2D eigenvalue weighted by molar-refractivity contribution is 5.77. The molecule has 1 fully saturated rings. The van der Waals surface area contributed by atoms with E-state index in [-0.39, 0.29) is 6.04 Å². The normalized spacial score (nSPS) is 21.9. The fraction of sp³-hybridized carbons (Fsp3) is 0.727. The lowest BCUT2D eigenvalue weighted by molar-refractivity contribution is 0.0389. The number of amides is 1. The summed E-state index contributed by atoms with van der Waals surface area (Å²) in [6.07, 6.45) is -0.0251. The molecule has 1 aliphatic heterocycles. The second-order valence-electron chi connectivity index (χ2n) is 4.76. The molecule has 16 heavy (non-hydrogen) atoms. The molecule has 1 amide bonds. The Kier molecular flexibility index (Phi) is 2.83. The van der Waals surface area contributed by atoms with E-state index in [2.05, 4.69) is 0 Å². The van der Waals surface area contributed by atoms with Crippen LogP contribution in [0.15, 0.2) is 0 Å². The van der Waals surface area contributed by atoms with Crippen LogP contribution in [0.4, 0.5) is 4.79 Å². The molecule has 1 atom stereocenters. The molecule has 0 aliphatic carbocycles. The van der Waals surface area contributed by atoms with Crippen molar-refractivity contribution in [3.05, 3.63) is 0 Å². The number of nitrogens with zero attached hydrogens (tertiary/aromatic N) is 3. The van der Waals surface area contributed by atoms with Gasteiger partial charge in [0.1, 0.15) is 17.7 Å². The van der Waals surface area contributed by atoms with E-state index in [1.807, 2.05) is 19.1 Å². The maximum absolute atomic E-state index is 11.7. The molecule has 0 N–H and O–H groups in total. The molecule has 86 valence electrons. The molecule has 0 bridgehead atoms. The van der Waals surface area contributed by atoms with Gasteiger partial charge in [-0.25, -0.2) is 4.79 Å². The number of ether oxygens (including phenoxy) is 1. The summed E-state index contributed by atoms with van der Waals surface area (Å²) in [5.41, 5.74) is -1.94. The van der Waals surface area contributed by atoms with Crippen molar-refractivity contribution in [1.29, 1.82) is 10.5 Å². The summed E-state index contributed by atoms with van der Waals surface area (Å²) >= 11 is 0. The van der Waals surface area contributed by atoms with Gasteiger partial charge in [-0.15, -0.1) is 0 Å². The molecule has 1 rings (SSSR count). The topological polar surface area (TPSA) is 76.9 Å². The Morgan fingerprint density at radius 2 is 1.94 bits per heavy atom. The predicted molar refractivity (Wildman–Crippen MR) is 56.1 cm³/mol. The number of rotatable bonds is 1. The number of hydrogen-bond donors (Lipinski definition) is 0. The molecule has 0 aromatic carbocycles. The van der Waals surface area contributed by atoms with Crippen LogP contribution in [-0.2, 0) is 4.74 Å². The molecular formula is C11H15N3O2. The van der Waals surface area contributed by atoms with Crippen molar-refractivity contribution >= 4 is 6.09 Å². The van der Waals surface area contributed by atoms with Gasteiger partial charge < -0.3 is 4.74 Å². The van der Waals surface area contributed by atoms with Crippen LogP contribution in [0.2, 0.25) is 0 Å². The highest BCUT2D eigenvalue weighted by Gasteiger charge is 2.67. The average Bonchev–Trinajstić information content (AvgIpc) is 2.83. The molecule has 1 saturated heterocycles. The molecule has 0 aromatic heterocycles. The van der Waals surface area contributed by atoms with Crippen LogP contribution < -0.4 is 0 Å². The van der Waals surface area contributed by atoms with Crippen LogP contribution >= 0.6 is 0 Å². The minimum atomic E-state index is -1.32. The zero-order chi connectivity index (χ0) is 12.6. The van der Waals surface area contributed by atoms with Gasteiger partial charge in [-0.2, -0.15) is 10.5 Å². The van der Waals surface area contributed by atoms with Crippen molar-refractivity contribution in [1.82, 2.24) is 4.90 Å². The van der Waals surface area contributed by atoms with Crippen molar-refractivity contribution < 1.29 is 9.53 Å². The quantitative estimate of drug-likeness (QED) is 0.632. The van der Waals surface area contributed by atoms with Crippen LogP contribution in [0.1, 0.15) is 34.1 Å². The molecule has 0 radical (unpaired) electrons. The fourth-order valence-electron chi connectivity index (χ4n) is 1.69. The Labute approximate surface area is 95.2 Å². The average molecular weight is 221 g/mol. The smallest absolute Gasteiger partial charge is 0.412 e. The zero-order valence-electron chi connectivity index (χ0n) is 9.94. The summed E-state index contributed by atoms with van der Waals surface area (Å²) in [4.78, 5) is 12.9. The Morgan fingerprint density at radius 1 is 1.44 bits per heavy atom. The highest BCUT2D eigenvalue weighted by Crippen LogP contribution is 2.43. The van der Waals surface area contributed by atoms with Gasteiger partial charge in [-0.1, -0.05) is 6.92 Å². The van der Waals surface area contributed by atoms with Crippen LogP contribution in [-0.4, -0.2) is 28.2 Å². The molecule has 1 unspecified atom stereocenters. The molecule has 1 aliphatic rings. The lowest BCUT2D eigenvalue weighted by atomic mass is 10.1. The van der Waals surface area contributed by atoms with Gasteiger partial charge in [0.2, 0.25) is 5.54 Å². The van der Waals surface area contributed by atoms with E-state index in [0.717, 1.165) is 0 Å². The van der Waals surface area contributed by atoms with Crippen molar-refractivity contribution in [3.8, 4) is 12.1 Å². The summed E-state index contributed by atoms with van der Waals surface area (Å²) in [6, 6.07) is 3.42. The minimum absolute atomic E-state index is 0.350. The van der Waals surface area contributed by atoms with E-state index in [9.17, 15) is 4.79 Å². The highest BCUT2D eigenvalue weighted by atomic mass is 16.6. The van der Waals surface area contributed by atoms with Crippen molar-refractivity contribution in [2.24, 2.45) is 0 Å². The zero-order valence-corrected chi connectivity index (χ0v) is 9.94. The van der Waals surface area contributed by atoms with Crippen molar-refractivity contribution in [3.63, 3.8) is 0 Å². The molecule has 0 saturated carbocycles. The van der Waals surface area contributed by atoms with Crippen LogP contribution in [0, 0.1) is 22.7 Å². The van der Waals surface area contributed by atoms with Crippen LogP contribution in [0.3, 0.4) is 0 Å². The number of nitriles is 2. The minimum Gasteiger partial charge on any atom is -0.444 e. The third-order valence-electron chi connectivity index (χ3n) is 2.42. The van der Waals surface area contributed by atoms with E-state index in [1.165, 1.54) is 4.90 Å². The summed E-state index contributed by atoms with van der Waals surface area (Å²) in [7, 11) is 0. The Balaban J connectivity index is 2.82. The third-order valence-corrected chi connectivity index (χ3v) is 2.42. The van der Waals surface area contributed by atoms with Gasteiger partial charge in [-0.05, 0) is 27.2 Å². The van der Waals surface area contributed by atoms with E-state index < -0.39 is 17.2 Å². The monoisotopic (exact) mass is 221 g/mol. The second kappa shape index (κ2) is 3.68. The van der Waals surface area contributed by atoms with E-state index in [1.54, 1.807) is 20.8 Å². The van der Waals surface area contributed by atoms with Gasteiger partial charge in [-0.3, -0.25) is 4.90 Å². The first kappa shape index (κ1) is 12.3. The number of carbonyl (C=O) groups is 1. The maximum atomic E-state index is 11.7. The Morgan fingerprint density at radius 3 is 2.19 bits per heavy atom. The maximum Gasteiger partial charge on any atom is 0.412 e. The van der Waals surface area contributed by atoms with Gasteiger partial charge in [0.25, 0.3) is 0 Å². The largest absolute Gasteiger partial charge is 0.444 e. The first-order chi connectivity index (χ1) is 7.32. The Hall–Kier alpha value is -1.75. The molecule has 0 spiro atoms. The van der Waals surface area contributed by atoms with Gasteiger partial charge in [0.05, 0.1) is 6.04 Å². The lowest BCUT2D eigenvalue weighted by Gasteiger charge is -2.20. The van der Waals surface area contributed by atoms with E-state index in [4.69, 9.17) is 15.3 Å². The first-order valence-corrected chi connectivity index (χ1v) is 5.17.